The minimum absolute atomic E-state index is 0.0782. The number of amides is 1. The van der Waals surface area contributed by atoms with Crippen molar-refractivity contribution in [1.82, 2.24) is 15.3 Å². The maximum absolute atomic E-state index is 11.2. The van der Waals surface area contributed by atoms with Gasteiger partial charge < -0.3 is 10.3 Å². The fourth-order valence-corrected chi connectivity index (χ4v) is 1.81. The van der Waals surface area contributed by atoms with Gasteiger partial charge in [-0.05, 0) is 0 Å². The predicted octanol–water partition coefficient (Wildman–Crippen LogP) is 0.984. The highest BCUT2D eigenvalue weighted by Crippen LogP contribution is 2.20. The van der Waals surface area contributed by atoms with Gasteiger partial charge in [-0.3, -0.25) is 4.79 Å². The quantitative estimate of drug-likeness (QED) is 0.689. The van der Waals surface area contributed by atoms with Gasteiger partial charge in [-0.1, -0.05) is 0 Å². The van der Waals surface area contributed by atoms with Crippen LogP contribution in [-0.2, 0) is 0 Å². The average Bonchev–Trinajstić information content (AvgIpc) is 2.62. The van der Waals surface area contributed by atoms with Crippen LogP contribution in [0, 0.1) is 0 Å². The molecule has 0 unspecified atom stereocenters. The molecule has 2 N–H and O–H groups in total. The van der Waals surface area contributed by atoms with Crippen LogP contribution in [0.25, 0.3) is 10.3 Å². The number of H-pyrrole nitrogens is 1. The summed E-state index contributed by atoms with van der Waals surface area (Å²) in [6, 6.07) is 0. The first-order chi connectivity index (χ1) is 5.83. The van der Waals surface area contributed by atoms with Gasteiger partial charge in [-0.15, -0.1) is 11.3 Å². The van der Waals surface area contributed by atoms with Crippen molar-refractivity contribution < 1.29 is 4.79 Å². The first-order valence-corrected chi connectivity index (χ1v) is 4.33. The van der Waals surface area contributed by atoms with Crippen LogP contribution in [0.1, 0.15) is 10.4 Å². The van der Waals surface area contributed by atoms with E-state index in [1.54, 1.807) is 18.8 Å². The Hall–Kier alpha value is -1.36. The van der Waals surface area contributed by atoms with E-state index < -0.39 is 0 Å². The Balaban J connectivity index is 2.61. The summed E-state index contributed by atoms with van der Waals surface area (Å²) in [5.41, 5.74) is 3.15. The van der Waals surface area contributed by atoms with Crippen LogP contribution >= 0.6 is 11.3 Å². The number of hydrogen-bond acceptors (Lipinski definition) is 3. The molecule has 0 aromatic carbocycles. The largest absolute Gasteiger partial charge is 0.355 e. The van der Waals surface area contributed by atoms with Crippen LogP contribution in [0.2, 0.25) is 0 Å². The molecule has 0 radical (unpaired) electrons. The Morgan fingerprint density at radius 1 is 1.75 bits per heavy atom. The number of rotatable bonds is 1. The zero-order chi connectivity index (χ0) is 8.55. The molecule has 0 aliphatic rings. The van der Waals surface area contributed by atoms with Gasteiger partial charge in [0.1, 0.15) is 5.65 Å². The van der Waals surface area contributed by atoms with Crippen LogP contribution in [0.3, 0.4) is 0 Å². The van der Waals surface area contributed by atoms with E-state index in [0.717, 1.165) is 10.3 Å². The number of nitrogens with zero attached hydrogens (tertiary/aromatic N) is 1. The topological polar surface area (TPSA) is 57.8 Å². The molecule has 4 nitrogen and oxygen atoms in total. The van der Waals surface area contributed by atoms with Crippen molar-refractivity contribution in [2.45, 2.75) is 0 Å². The van der Waals surface area contributed by atoms with Gasteiger partial charge in [0, 0.05) is 13.2 Å². The number of carbonyl (C=O) groups excluding carboxylic acids is 1. The molecule has 0 fully saturated rings. The monoisotopic (exact) mass is 181 g/mol. The van der Waals surface area contributed by atoms with E-state index in [2.05, 4.69) is 15.3 Å². The van der Waals surface area contributed by atoms with E-state index in [4.69, 9.17) is 0 Å². The zero-order valence-electron chi connectivity index (χ0n) is 6.42. The number of fused-ring (bicyclic) bond motifs is 1. The zero-order valence-corrected chi connectivity index (χ0v) is 7.23. The standard InChI is InChI=1S/C7H7N3OS/c1-8-7(11)4-2-9-6-5(4)12-3-10-6/h2-3,9H,1H3,(H,8,11). The Morgan fingerprint density at radius 2 is 2.58 bits per heavy atom. The number of hydrogen-bond donors (Lipinski definition) is 2. The average molecular weight is 181 g/mol. The van der Waals surface area contributed by atoms with E-state index in [9.17, 15) is 4.79 Å². The van der Waals surface area contributed by atoms with Gasteiger partial charge in [0.05, 0.1) is 15.8 Å². The lowest BCUT2D eigenvalue weighted by Crippen LogP contribution is -2.16. The molecule has 2 heterocycles. The second-order valence-corrected chi connectivity index (χ2v) is 3.17. The molecule has 0 saturated carbocycles. The SMILES string of the molecule is CNC(=O)c1c[nH]c2ncsc12. The summed E-state index contributed by atoms with van der Waals surface area (Å²) in [6.07, 6.45) is 1.67. The lowest BCUT2D eigenvalue weighted by molar-refractivity contribution is 0.0965. The molecule has 0 bridgehead atoms. The van der Waals surface area contributed by atoms with Crippen molar-refractivity contribution >= 4 is 27.6 Å². The van der Waals surface area contributed by atoms with Crippen LogP contribution in [0.5, 0.6) is 0 Å². The number of aromatic amines is 1. The van der Waals surface area contributed by atoms with Crippen molar-refractivity contribution in [2.75, 3.05) is 7.05 Å². The van der Waals surface area contributed by atoms with Gasteiger partial charge in [-0.25, -0.2) is 4.98 Å². The fraction of sp³-hybridized carbons (Fsp3) is 0.143. The van der Waals surface area contributed by atoms with E-state index in [-0.39, 0.29) is 5.91 Å². The van der Waals surface area contributed by atoms with Crippen molar-refractivity contribution in [1.29, 1.82) is 0 Å². The first kappa shape index (κ1) is 7.30. The molecular weight excluding hydrogens is 174 g/mol. The summed E-state index contributed by atoms with van der Waals surface area (Å²) < 4.78 is 0.911. The Labute approximate surface area is 72.6 Å². The van der Waals surface area contributed by atoms with E-state index in [0.29, 0.717) is 5.56 Å². The van der Waals surface area contributed by atoms with E-state index >= 15 is 0 Å². The summed E-state index contributed by atoms with van der Waals surface area (Å²) in [4.78, 5) is 18.2. The molecule has 12 heavy (non-hydrogen) atoms. The molecule has 1 amide bonds. The molecule has 0 aliphatic carbocycles. The Kier molecular flexibility index (Phi) is 1.58. The smallest absolute Gasteiger partial charge is 0.254 e. The summed E-state index contributed by atoms with van der Waals surface area (Å²) in [5, 5.41) is 2.57. The van der Waals surface area contributed by atoms with Crippen LogP contribution < -0.4 is 5.32 Å². The summed E-state index contributed by atoms with van der Waals surface area (Å²) >= 11 is 1.46. The first-order valence-electron chi connectivity index (χ1n) is 3.45. The summed E-state index contributed by atoms with van der Waals surface area (Å²) in [7, 11) is 1.61. The third-order valence-corrected chi connectivity index (χ3v) is 2.50. The van der Waals surface area contributed by atoms with Crippen LogP contribution in [0.15, 0.2) is 11.7 Å². The number of carbonyl (C=O) groups is 1. The lowest BCUT2D eigenvalue weighted by atomic mass is 10.3. The highest BCUT2D eigenvalue weighted by atomic mass is 32.1. The molecular formula is C7H7N3OS. The Bertz CT molecular complexity index is 417. The molecule has 0 saturated heterocycles. The highest BCUT2D eigenvalue weighted by Gasteiger charge is 2.11. The van der Waals surface area contributed by atoms with Gasteiger partial charge in [0.25, 0.3) is 5.91 Å². The maximum Gasteiger partial charge on any atom is 0.254 e. The normalized spacial score (nSPS) is 10.4. The summed E-state index contributed by atoms with van der Waals surface area (Å²) in [5.74, 6) is -0.0782. The molecule has 2 rings (SSSR count). The molecule has 0 atom stereocenters. The van der Waals surface area contributed by atoms with Crippen molar-refractivity contribution in [3.8, 4) is 0 Å². The van der Waals surface area contributed by atoms with Gasteiger partial charge in [-0.2, -0.15) is 0 Å². The van der Waals surface area contributed by atoms with Crippen molar-refractivity contribution in [2.24, 2.45) is 0 Å². The highest BCUT2D eigenvalue weighted by molar-refractivity contribution is 7.17. The van der Waals surface area contributed by atoms with Gasteiger partial charge in [0.15, 0.2) is 0 Å². The molecule has 0 aliphatic heterocycles. The van der Waals surface area contributed by atoms with E-state index in [1.165, 1.54) is 11.3 Å². The minimum atomic E-state index is -0.0782. The van der Waals surface area contributed by atoms with E-state index in [1.807, 2.05) is 0 Å². The maximum atomic E-state index is 11.2. The molecule has 0 spiro atoms. The second kappa shape index (κ2) is 2.60. The number of aromatic nitrogens is 2. The molecule has 5 heteroatoms. The van der Waals surface area contributed by atoms with Crippen molar-refractivity contribution in [3.05, 3.63) is 17.3 Å². The Morgan fingerprint density at radius 3 is 3.33 bits per heavy atom. The molecule has 2 aromatic heterocycles. The molecule has 2 aromatic rings. The predicted molar refractivity (Wildman–Crippen MR) is 47.4 cm³/mol. The van der Waals surface area contributed by atoms with Gasteiger partial charge >= 0.3 is 0 Å². The van der Waals surface area contributed by atoms with Crippen LogP contribution in [0.4, 0.5) is 0 Å². The lowest BCUT2D eigenvalue weighted by Gasteiger charge is -1.92. The van der Waals surface area contributed by atoms with Crippen LogP contribution in [-0.4, -0.2) is 22.9 Å². The third-order valence-electron chi connectivity index (χ3n) is 1.64. The molecule has 62 valence electrons. The number of nitrogens with one attached hydrogen (secondary N) is 2. The van der Waals surface area contributed by atoms with Gasteiger partial charge in [0.2, 0.25) is 0 Å². The number of thiazole rings is 1. The van der Waals surface area contributed by atoms with Crippen molar-refractivity contribution in [3.63, 3.8) is 0 Å². The fourth-order valence-electron chi connectivity index (χ4n) is 1.05. The second-order valence-electron chi connectivity index (χ2n) is 2.31. The minimum Gasteiger partial charge on any atom is -0.355 e. The third kappa shape index (κ3) is 0.902. The summed E-state index contributed by atoms with van der Waals surface area (Å²) in [6.45, 7) is 0.